The number of aryl methyl sites for hydroxylation is 1. The van der Waals surface area contributed by atoms with Gasteiger partial charge in [-0.25, -0.2) is 0 Å². The lowest BCUT2D eigenvalue weighted by molar-refractivity contribution is 0.315. The molecule has 0 unspecified atom stereocenters. The monoisotopic (exact) mass is 515 g/mol. The van der Waals surface area contributed by atoms with Crippen LogP contribution in [-0.4, -0.2) is 32.7 Å². The summed E-state index contributed by atoms with van der Waals surface area (Å²) < 4.78 is 2.27. The van der Waals surface area contributed by atoms with Crippen LogP contribution in [0.1, 0.15) is 41.1 Å². The fourth-order valence-electron chi connectivity index (χ4n) is 5.12. The highest BCUT2D eigenvalue weighted by molar-refractivity contribution is 7.80. The lowest BCUT2D eigenvalue weighted by Gasteiger charge is -2.28. The van der Waals surface area contributed by atoms with Crippen LogP contribution in [0.15, 0.2) is 85.1 Å². The number of halogens is 1. The number of thiocarbonyl (C=S) groups is 1. The van der Waals surface area contributed by atoms with Gasteiger partial charge in [0.05, 0.1) is 17.8 Å². The molecule has 3 heterocycles. The van der Waals surface area contributed by atoms with Crippen molar-refractivity contribution in [3.63, 3.8) is 0 Å². The van der Waals surface area contributed by atoms with Gasteiger partial charge in [0.25, 0.3) is 0 Å². The van der Waals surface area contributed by atoms with Gasteiger partial charge in [0, 0.05) is 47.1 Å². The number of benzene rings is 2. The summed E-state index contributed by atoms with van der Waals surface area (Å²) in [5, 5.41) is 8.58. The minimum Gasteiger partial charge on any atom is -0.385 e. The Kier molecular flexibility index (Phi) is 7.25. The largest absolute Gasteiger partial charge is 0.385 e. The Morgan fingerprint density at radius 3 is 2.56 bits per heavy atom. The average Bonchev–Trinajstić information content (AvgIpc) is 3.37. The lowest BCUT2D eigenvalue weighted by atomic mass is 9.96. The fraction of sp³-hybridized carbons (Fsp3) is 0.241. The van der Waals surface area contributed by atoms with Crippen molar-refractivity contribution in [1.82, 2.24) is 19.8 Å². The number of aromatic nitrogens is 2. The Balaban J connectivity index is 1.46. The highest BCUT2D eigenvalue weighted by Gasteiger charge is 2.41. The molecule has 5 nitrogen and oxygen atoms in total. The first-order valence-electron chi connectivity index (χ1n) is 12.2. The van der Waals surface area contributed by atoms with E-state index in [-0.39, 0.29) is 12.1 Å². The van der Waals surface area contributed by atoms with Gasteiger partial charge in [-0.3, -0.25) is 4.98 Å². The van der Waals surface area contributed by atoms with E-state index in [2.05, 4.69) is 69.3 Å². The smallest absolute Gasteiger partial charge is 0.170 e. The molecular weight excluding hydrogens is 486 g/mol. The van der Waals surface area contributed by atoms with E-state index in [4.69, 9.17) is 23.8 Å². The molecule has 0 spiro atoms. The van der Waals surface area contributed by atoms with Crippen LogP contribution in [0.4, 0.5) is 5.69 Å². The summed E-state index contributed by atoms with van der Waals surface area (Å²) in [6.45, 7) is 6.02. The summed E-state index contributed by atoms with van der Waals surface area (Å²) in [6, 6.07) is 26.6. The quantitative estimate of drug-likeness (QED) is 0.204. The van der Waals surface area contributed by atoms with E-state index in [0.717, 1.165) is 52.4 Å². The molecule has 0 radical (unpaired) electrons. The third kappa shape index (κ3) is 4.97. The van der Waals surface area contributed by atoms with Crippen molar-refractivity contribution in [2.75, 3.05) is 18.4 Å². The van der Waals surface area contributed by atoms with E-state index in [0.29, 0.717) is 0 Å². The molecule has 2 aromatic heterocycles. The van der Waals surface area contributed by atoms with E-state index in [1.165, 1.54) is 11.3 Å². The molecule has 184 valence electrons. The van der Waals surface area contributed by atoms with Gasteiger partial charge in [0.15, 0.2) is 5.11 Å². The summed E-state index contributed by atoms with van der Waals surface area (Å²) in [5.41, 5.74) is 6.76. The lowest BCUT2D eigenvalue weighted by Crippen LogP contribution is -2.31. The Morgan fingerprint density at radius 1 is 1.00 bits per heavy atom. The standard InChI is InChI=1S/C29H30ClN5S/c1-20-18-25(21(2)35(20)24-13-8-10-22(30)19-24)28-27(26-14-6-7-15-32-26)33-29(36)34(28)17-9-16-31-23-11-4-3-5-12-23/h3-8,10-15,18-19,27-28,31H,9,16-17H2,1-2H3,(H,33,36)/t27-,28-/m0/s1. The summed E-state index contributed by atoms with van der Waals surface area (Å²) in [6.07, 6.45) is 2.80. The second-order valence-corrected chi connectivity index (χ2v) is 9.93. The number of hydrogen-bond donors (Lipinski definition) is 2. The van der Waals surface area contributed by atoms with Gasteiger partial charge >= 0.3 is 0 Å². The first kappa shape index (κ1) is 24.3. The molecule has 0 amide bonds. The van der Waals surface area contributed by atoms with Crippen molar-refractivity contribution in [2.24, 2.45) is 0 Å². The highest BCUT2D eigenvalue weighted by atomic mass is 35.5. The van der Waals surface area contributed by atoms with Gasteiger partial charge in [-0.1, -0.05) is 41.9 Å². The minimum absolute atomic E-state index is 0.0308. The molecule has 1 aliphatic heterocycles. The normalized spacial score (nSPS) is 17.3. The first-order valence-corrected chi connectivity index (χ1v) is 13.0. The van der Waals surface area contributed by atoms with E-state index in [1.807, 2.05) is 54.7 Å². The van der Waals surface area contributed by atoms with Crippen LogP contribution in [0, 0.1) is 13.8 Å². The van der Waals surface area contributed by atoms with Gasteiger partial charge in [-0.15, -0.1) is 0 Å². The molecule has 2 atom stereocenters. The second-order valence-electron chi connectivity index (χ2n) is 9.11. The Morgan fingerprint density at radius 2 is 1.81 bits per heavy atom. The molecule has 1 saturated heterocycles. The zero-order chi connectivity index (χ0) is 25.1. The van der Waals surface area contributed by atoms with Crippen molar-refractivity contribution in [2.45, 2.75) is 32.4 Å². The van der Waals surface area contributed by atoms with E-state index in [1.54, 1.807) is 0 Å². The van der Waals surface area contributed by atoms with Crippen LogP contribution in [0.25, 0.3) is 5.69 Å². The van der Waals surface area contributed by atoms with Crippen LogP contribution >= 0.6 is 23.8 Å². The van der Waals surface area contributed by atoms with Gasteiger partial charge in [-0.05, 0) is 86.6 Å². The van der Waals surface area contributed by atoms with Crippen molar-refractivity contribution in [1.29, 1.82) is 0 Å². The molecular formula is C29H30ClN5S. The van der Waals surface area contributed by atoms with Crippen molar-refractivity contribution in [3.05, 3.63) is 113 Å². The maximum absolute atomic E-state index is 6.33. The van der Waals surface area contributed by atoms with Crippen LogP contribution in [0.3, 0.4) is 0 Å². The average molecular weight is 516 g/mol. The van der Waals surface area contributed by atoms with E-state index >= 15 is 0 Å². The fourth-order valence-corrected chi connectivity index (χ4v) is 5.64. The third-order valence-electron chi connectivity index (χ3n) is 6.73. The Bertz CT molecular complexity index is 1340. The Hall–Kier alpha value is -3.35. The van der Waals surface area contributed by atoms with Crippen molar-refractivity contribution >= 4 is 34.6 Å². The van der Waals surface area contributed by atoms with Gasteiger partial charge in [0.2, 0.25) is 0 Å². The maximum atomic E-state index is 6.33. The predicted molar refractivity (Wildman–Crippen MR) is 152 cm³/mol. The number of pyridine rings is 1. The van der Waals surface area contributed by atoms with Crippen molar-refractivity contribution < 1.29 is 0 Å². The maximum Gasteiger partial charge on any atom is 0.170 e. The minimum atomic E-state index is -0.0332. The SMILES string of the molecule is Cc1cc([C@H]2[C@H](c3ccccn3)NC(=S)N2CCCNc2ccccc2)c(C)n1-c1cccc(Cl)c1. The number of nitrogens with zero attached hydrogens (tertiary/aromatic N) is 3. The van der Waals surface area contributed by atoms with Crippen LogP contribution in [-0.2, 0) is 0 Å². The molecule has 4 aromatic rings. The third-order valence-corrected chi connectivity index (χ3v) is 7.32. The summed E-state index contributed by atoms with van der Waals surface area (Å²) >= 11 is 12.2. The molecule has 0 saturated carbocycles. The molecule has 2 N–H and O–H groups in total. The number of anilines is 1. The number of rotatable bonds is 8. The van der Waals surface area contributed by atoms with Crippen molar-refractivity contribution in [3.8, 4) is 5.69 Å². The predicted octanol–water partition coefficient (Wildman–Crippen LogP) is 6.62. The highest BCUT2D eigenvalue weighted by Crippen LogP contribution is 2.41. The summed E-state index contributed by atoms with van der Waals surface area (Å²) in [7, 11) is 0. The second kappa shape index (κ2) is 10.7. The molecule has 1 aliphatic rings. The summed E-state index contributed by atoms with van der Waals surface area (Å²) in [5.74, 6) is 0. The number of nitrogens with one attached hydrogen (secondary N) is 2. The van der Waals surface area contributed by atoms with E-state index in [9.17, 15) is 0 Å². The molecule has 2 aromatic carbocycles. The molecule has 36 heavy (non-hydrogen) atoms. The van der Waals surface area contributed by atoms with Gasteiger partial charge < -0.3 is 20.1 Å². The topological polar surface area (TPSA) is 45.1 Å². The number of hydrogen-bond acceptors (Lipinski definition) is 3. The zero-order valence-electron chi connectivity index (χ0n) is 20.5. The molecule has 1 fully saturated rings. The number of para-hydroxylation sites is 1. The van der Waals surface area contributed by atoms with Gasteiger partial charge in [-0.2, -0.15) is 0 Å². The van der Waals surface area contributed by atoms with Gasteiger partial charge in [0.1, 0.15) is 0 Å². The van der Waals surface area contributed by atoms with Crippen LogP contribution < -0.4 is 10.6 Å². The molecule has 7 heteroatoms. The van der Waals surface area contributed by atoms with Crippen LogP contribution in [0.2, 0.25) is 5.02 Å². The van der Waals surface area contributed by atoms with E-state index < -0.39 is 0 Å². The zero-order valence-corrected chi connectivity index (χ0v) is 22.1. The summed E-state index contributed by atoms with van der Waals surface area (Å²) in [4.78, 5) is 7.01. The molecule has 0 bridgehead atoms. The molecule has 0 aliphatic carbocycles. The molecule has 5 rings (SSSR count). The Labute approximate surface area is 223 Å². The van der Waals surface area contributed by atoms with Crippen LogP contribution in [0.5, 0.6) is 0 Å². The first-order chi connectivity index (χ1) is 17.5.